The molecule has 1 aromatic heterocycles. The second-order valence-corrected chi connectivity index (χ2v) is 13.2. The number of ether oxygens (including phenoxy) is 2. The molecule has 172 valence electrons. The van der Waals surface area contributed by atoms with Gasteiger partial charge in [-0.1, -0.05) is 0 Å². The van der Waals surface area contributed by atoms with Crippen LogP contribution in [0.1, 0.15) is 20.1 Å². The Morgan fingerprint density at radius 2 is 2.00 bits per heavy atom. The number of H-pyrrole nitrogens is 1. The number of hydrogen-bond donors (Lipinski definition) is 3. The molecular formula is C14H24N2O10P2S2. The molecule has 1 aromatic rings. The van der Waals surface area contributed by atoms with Gasteiger partial charge in [0.05, 0.1) is 12.2 Å². The highest BCUT2D eigenvalue weighted by Crippen LogP contribution is 2.57. The Hall–Kier alpha value is -0.370. The Bertz CT molecular complexity index is 938. The quantitative estimate of drug-likeness (QED) is 0.387. The summed E-state index contributed by atoms with van der Waals surface area (Å²) in [6.45, 7) is -4.36. The van der Waals surface area contributed by atoms with E-state index in [2.05, 4.69) is 9.51 Å². The zero-order valence-electron chi connectivity index (χ0n) is 16.6. The van der Waals surface area contributed by atoms with Crippen molar-refractivity contribution in [2.24, 2.45) is 0 Å². The predicted octanol–water partition coefficient (Wildman–Crippen LogP) is 0.956. The highest BCUT2D eigenvalue weighted by Gasteiger charge is 2.50. The van der Waals surface area contributed by atoms with Gasteiger partial charge in [0.2, 0.25) is 0 Å². The molecular weight excluding hydrogens is 482 g/mol. The SMILES string of the molecule is COC1C(OP(O)(=S)OC(C)C)[C@@H](CSP(=O)(O)OC)O[C@H]1n1ccc(=O)[nH]c1=O. The van der Waals surface area contributed by atoms with E-state index in [0.29, 0.717) is 11.4 Å². The third-order valence-electron chi connectivity index (χ3n) is 3.91. The Morgan fingerprint density at radius 3 is 2.53 bits per heavy atom. The van der Waals surface area contributed by atoms with Crippen LogP contribution in [-0.2, 0) is 39.4 Å². The Morgan fingerprint density at radius 1 is 1.33 bits per heavy atom. The second-order valence-electron chi connectivity index (χ2n) is 6.42. The van der Waals surface area contributed by atoms with Gasteiger partial charge in [0, 0.05) is 32.2 Å². The van der Waals surface area contributed by atoms with Crippen LogP contribution in [0.3, 0.4) is 0 Å². The van der Waals surface area contributed by atoms with Gasteiger partial charge in [0.25, 0.3) is 5.56 Å². The summed E-state index contributed by atoms with van der Waals surface area (Å²) in [5.41, 5.74) is -1.35. The minimum absolute atomic E-state index is 0.113. The third kappa shape index (κ3) is 6.81. The monoisotopic (exact) mass is 506 g/mol. The molecule has 3 N–H and O–H groups in total. The summed E-state index contributed by atoms with van der Waals surface area (Å²) in [6.07, 6.45) is -3.26. The number of nitrogens with zero attached hydrogens (tertiary/aromatic N) is 1. The van der Waals surface area contributed by atoms with Crippen molar-refractivity contribution < 1.29 is 37.4 Å². The lowest BCUT2D eigenvalue weighted by Crippen LogP contribution is -2.39. The number of rotatable bonds is 10. The van der Waals surface area contributed by atoms with Crippen molar-refractivity contribution in [3.63, 3.8) is 0 Å². The van der Waals surface area contributed by atoms with Crippen LogP contribution in [0.25, 0.3) is 0 Å². The van der Waals surface area contributed by atoms with E-state index < -0.39 is 55.4 Å². The minimum atomic E-state index is -3.95. The fourth-order valence-electron chi connectivity index (χ4n) is 2.74. The first-order chi connectivity index (χ1) is 13.9. The molecule has 30 heavy (non-hydrogen) atoms. The van der Waals surface area contributed by atoms with E-state index >= 15 is 0 Å². The summed E-state index contributed by atoms with van der Waals surface area (Å²) in [4.78, 5) is 45.8. The molecule has 4 unspecified atom stereocenters. The van der Waals surface area contributed by atoms with Gasteiger partial charge in [-0.25, -0.2) is 9.36 Å². The molecule has 0 bridgehead atoms. The van der Waals surface area contributed by atoms with Gasteiger partial charge < -0.3 is 28.3 Å². The molecule has 1 aliphatic heterocycles. The molecule has 12 nitrogen and oxygen atoms in total. The summed E-state index contributed by atoms with van der Waals surface area (Å²) in [5, 5.41) is 0. The highest BCUT2D eigenvalue weighted by molar-refractivity contribution is 8.54. The van der Waals surface area contributed by atoms with Crippen LogP contribution < -0.4 is 11.2 Å². The van der Waals surface area contributed by atoms with Crippen molar-refractivity contribution in [3.05, 3.63) is 33.1 Å². The van der Waals surface area contributed by atoms with Crippen LogP contribution in [0, 0.1) is 0 Å². The lowest BCUT2D eigenvalue weighted by Gasteiger charge is -2.28. The molecule has 2 rings (SSSR count). The van der Waals surface area contributed by atoms with E-state index in [1.165, 1.54) is 13.3 Å². The molecule has 1 fully saturated rings. The summed E-state index contributed by atoms with van der Waals surface area (Å²) < 4.78 is 39.7. The fourth-order valence-corrected chi connectivity index (χ4v) is 6.73. The zero-order chi connectivity index (χ0) is 22.7. The number of nitrogens with one attached hydrogen (secondary N) is 1. The predicted molar refractivity (Wildman–Crippen MR) is 113 cm³/mol. The fraction of sp³-hybridized carbons (Fsp3) is 0.714. The summed E-state index contributed by atoms with van der Waals surface area (Å²) >= 11 is 5.62. The highest BCUT2D eigenvalue weighted by atomic mass is 32.7. The van der Waals surface area contributed by atoms with Gasteiger partial charge in [0.15, 0.2) is 6.23 Å². The van der Waals surface area contributed by atoms with Crippen molar-refractivity contribution in [1.82, 2.24) is 9.55 Å². The molecule has 0 saturated carbocycles. The maximum absolute atomic E-state index is 12.2. The molecule has 2 heterocycles. The van der Waals surface area contributed by atoms with Crippen LogP contribution in [-0.4, -0.2) is 63.7 Å². The summed E-state index contributed by atoms with van der Waals surface area (Å²) in [7, 11) is 2.42. The second kappa shape index (κ2) is 10.5. The van der Waals surface area contributed by atoms with Crippen molar-refractivity contribution in [3.8, 4) is 0 Å². The lowest BCUT2D eigenvalue weighted by atomic mass is 10.1. The average Bonchev–Trinajstić information content (AvgIpc) is 2.95. The zero-order valence-corrected chi connectivity index (χ0v) is 20.0. The van der Waals surface area contributed by atoms with E-state index in [1.54, 1.807) is 13.8 Å². The summed E-state index contributed by atoms with van der Waals surface area (Å²) in [6, 6.07) is 1.13. The standard InChI is InChI=1S/C14H24N2O10P2S2/c1-8(2)25-28(21,29)26-11-9(7-30-27(19,20)23-4)24-13(12(11)22-3)16-6-5-10(17)15-14(16)18/h5-6,8-9,11-13H,7H2,1-4H3,(H,19,20)(H,21,29)(H,15,17,18)/t9-,11?,12?,13-,28?/m1/s1. The Labute approximate surface area is 181 Å². The van der Waals surface area contributed by atoms with E-state index in [1.807, 2.05) is 0 Å². The van der Waals surface area contributed by atoms with E-state index in [9.17, 15) is 23.9 Å². The first-order valence-corrected chi connectivity index (χ1v) is 14.4. The van der Waals surface area contributed by atoms with Crippen LogP contribution in [0.2, 0.25) is 0 Å². The van der Waals surface area contributed by atoms with E-state index in [-0.39, 0.29) is 5.75 Å². The van der Waals surface area contributed by atoms with Gasteiger partial charge in [-0.05, 0) is 37.0 Å². The molecule has 6 atom stereocenters. The average molecular weight is 506 g/mol. The molecule has 0 aliphatic carbocycles. The molecule has 1 saturated heterocycles. The van der Waals surface area contributed by atoms with Crippen molar-refractivity contribution in [1.29, 1.82) is 0 Å². The van der Waals surface area contributed by atoms with Crippen LogP contribution >= 0.6 is 24.9 Å². The first kappa shape index (κ1) is 25.9. The molecule has 0 amide bonds. The van der Waals surface area contributed by atoms with Gasteiger partial charge >= 0.3 is 19.2 Å². The van der Waals surface area contributed by atoms with Crippen molar-refractivity contribution in [2.45, 2.75) is 44.5 Å². The number of methoxy groups -OCH3 is 1. The lowest BCUT2D eigenvalue weighted by molar-refractivity contribution is -0.0507. The molecule has 0 aromatic carbocycles. The molecule has 1 aliphatic rings. The van der Waals surface area contributed by atoms with Gasteiger partial charge in [-0.15, -0.1) is 0 Å². The summed E-state index contributed by atoms with van der Waals surface area (Å²) in [5.74, 6) is -0.113. The topological polar surface area (TPSA) is 159 Å². The van der Waals surface area contributed by atoms with Gasteiger partial charge in [0.1, 0.15) is 12.2 Å². The molecule has 16 heteroatoms. The minimum Gasteiger partial charge on any atom is -0.374 e. The van der Waals surface area contributed by atoms with Crippen molar-refractivity contribution >= 4 is 36.7 Å². The van der Waals surface area contributed by atoms with Gasteiger partial charge in [-0.2, -0.15) is 0 Å². The van der Waals surface area contributed by atoms with Crippen LogP contribution in [0.5, 0.6) is 0 Å². The van der Waals surface area contributed by atoms with Crippen LogP contribution in [0.15, 0.2) is 21.9 Å². The van der Waals surface area contributed by atoms with E-state index in [4.69, 9.17) is 30.3 Å². The largest absolute Gasteiger partial charge is 0.386 e. The van der Waals surface area contributed by atoms with Crippen LogP contribution in [0.4, 0.5) is 0 Å². The maximum atomic E-state index is 12.2. The number of hydrogen-bond acceptors (Lipinski definition) is 10. The normalized spacial score (nSPS) is 28.4. The smallest absolute Gasteiger partial charge is 0.374 e. The Balaban J connectivity index is 2.38. The maximum Gasteiger partial charge on any atom is 0.386 e. The Kier molecular flexibility index (Phi) is 9.06. The van der Waals surface area contributed by atoms with Gasteiger partial charge in [-0.3, -0.25) is 18.9 Å². The molecule has 0 spiro atoms. The number of aromatic nitrogens is 2. The van der Waals surface area contributed by atoms with Crippen molar-refractivity contribution in [2.75, 3.05) is 20.0 Å². The molecule has 0 radical (unpaired) electrons. The third-order valence-corrected chi connectivity index (χ3v) is 8.77. The first-order valence-electron chi connectivity index (χ1n) is 8.61. The number of aromatic amines is 1. The van der Waals surface area contributed by atoms with E-state index in [0.717, 1.165) is 17.7 Å².